The van der Waals surface area contributed by atoms with Gasteiger partial charge in [-0.25, -0.2) is 23.2 Å². The van der Waals surface area contributed by atoms with Crippen molar-refractivity contribution in [3.63, 3.8) is 0 Å². The summed E-state index contributed by atoms with van der Waals surface area (Å²) < 4.78 is 35.8. The number of ether oxygens (including phenoxy) is 1. The lowest BCUT2D eigenvalue weighted by Gasteiger charge is -2.16. The molecule has 1 unspecified atom stereocenters. The Morgan fingerprint density at radius 1 is 1.15 bits per heavy atom. The van der Waals surface area contributed by atoms with Gasteiger partial charge in [0.15, 0.2) is 0 Å². The van der Waals surface area contributed by atoms with Crippen molar-refractivity contribution in [2.75, 3.05) is 20.2 Å². The van der Waals surface area contributed by atoms with Gasteiger partial charge in [-0.1, -0.05) is 6.07 Å². The zero-order valence-electron chi connectivity index (χ0n) is 18.2. The average Bonchev–Trinajstić information content (AvgIpc) is 3.46. The number of nitrogens with one attached hydrogen (secondary N) is 1. The van der Waals surface area contributed by atoms with Gasteiger partial charge in [0.25, 0.3) is 0 Å². The molecule has 1 aromatic heterocycles. The minimum Gasteiger partial charge on any atom is -0.497 e. The monoisotopic (exact) mass is 454 g/mol. The van der Waals surface area contributed by atoms with E-state index in [1.54, 1.807) is 12.1 Å². The van der Waals surface area contributed by atoms with Gasteiger partial charge in [-0.3, -0.25) is 4.79 Å². The number of benzene rings is 2. The number of aromatic nitrogens is 3. The summed E-state index contributed by atoms with van der Waals surface area (Å²) in [6, 6.07) is 8.58. The summed E-state index contributed by atoms with van der Waals surface area (Å²) in [5.74, 6) is 0.121. The first kappa shape index (κ1) is 21.4. The Bertz CT molecular complexity index is 1260. The molecule has 7 nitrogen and oxygen atoms in total. The zero-order chi connectivity index (χ0) is 23.1. The third kappa shape index (κ3) is 4.15. The van der Waals surface area contributed by atoms with Crippen molar-refractivity contribution in [2.45, 2.75) is 25.7 Å². The molecule has 1 amide bonds. The predicted octanol–water partition coefficient (Wildman–Crippen LogP) is 3.32. The first-order valence-corrected chi connectivity index (χ1v) is 11.0. The Hall–Kier alpha value is -3.49. The number of aromatic amines is 1. The van der Waals surface area contributed by atoms with Crippen LogP contribution in [0.25, 0.3) is 16.8 Å². The van der Waals surface area contributed by atoms with E-state index in [0.29, 0.717) is 36.6 Å². The number of rotatable bonds is 6. The van der Waals surface area contributed by atoms with Gasteiger partial charge in [0.1, 0.15) is 23.2 Å². The normalized spacial score (nSPS) is 18.0. The van der Waals surface area contributed by atoms with Gasteiger partial charge in [0, 0.05) is 37.1 Å². The van der Waals surface area contributed by atoms with Crippen LogP contribution in [0.5, 0.6) is 5.75 Å². The zero-order valence-corrected chi connectivity index (χ0v) is 18.2. The van der Waals surface area contributed by atoms with Crippen molar-refractivity contribution in [3.05, 3.63) is 64.3 Å². The number of halogens is 2. The molecule has 1 saturated heterocycles. The van der Waals surface area contributed by atoms with E-state index in [1.807, 2.05) is 4.90 Å². The highest BCUT2D eigenvalue weighted by Crippen LogP contribution is 2.33. The molecular weight excluding hydrogens is 430 g/mol. The Morgan fingerprint density at radius 2 is 1.97 bits per heavy atom. The maximum Gasteiger partial charge on any atom is 0.348 e. The van der Waals surface area contributed by atoms with E-state index >= 15 is 4.39 Å². The third-order valence-electron chi connectivity index (χ3n) is 6.41. The predicted molar refractivity (Wildman–Crippen MR) is 117 cm³/mol. The topological polar surface area (TPSA) is 80.2 Å². The van der Waals surface area contributed by atoms with E-state index in [0.717, 1.165) is 19.3 Å². The molecule has 2 heterocycles. The molecule has 1 saturated carbocycles. The van der Waals surface area contributed by atoms with Crippen LogP contribution in [0.3, 0.4) is 0 Å². The fraction of sp³-hybridized carbons (Fsp3) is 0.375. The fourth-order valence-corrected chi connectivity index (χ4v) is 4.47. The number of H-pyrrole nitrogens is 1. The lowest BCUT2D eigenvalue weighted by Crippen LogP contribution is -2.30. The van der Waals surface area contributed by atoms with Crippen LogP contribution in [0.2, 0.25) is 0 Å². The number of methoxy groups -OCH3 is 1. The highest BCUT2D eigenvalue weighted by Gasteiger charge is 2.37. The summed E-state index contributed by atoms with van der Waals surface area (Å²) in [6.07, 6.45) is 3.20. The average molecular weight is 454 g/mol. The quantitative estimate of drug-likeness (QED) is 0.620. The molecule has 3 aromatic rings. The van der Waals surface area contributed by atoms with Crippen molar-refractivity contribution in [1.29, 1.82) is 0 Å². The summed E-state index contributed by atoms with van der Waals surface area (Å²) in [7, 11) is 1.44. The lowest BCUT2D eigenvalue weighted by molar-refractivity contribution is -0.131. The second kappa shape index (κ2) is 8.46. The smallest absolute Gasteiger partial charge is 0.348 e. The molecule has 1 N–H and O–H groups in total. The molecule has 5 rings (SSSR count). The molecule has 172 valence electrons. The number of hydrogen-bond acceptors (Lipinski definition) is 4. The summed E-state index contributed by atoms with van der Waals surface area (Å²) in [5, 5.41) is 6.51. The molecule has 2 aliphatic rings. The molecule has 1 aliphatic carbocycles. The minimum atomic E-state index is -0.663. The van der Waals surface area contributed by atoms with Gasteiger partial charge in [0.05, 0.1) is 12.8 Å². The van der Waals surface area contributed by atoms with E-state index in [1.165, 1.54) is 35.9 Å². The molecule has 0 bridgehead atoms. The van der Waals surface area contributed by atoms with Gasteiger partial charge < -0.3 is 9.64 Å². The van der Waals surface area contributed by atoms with Crippen molar-refractivity contribution in [3.8, 4) is 22.6 Å². The Labute approximate surface area is 189 Å². The second-order valence-corrected chi connectivity index (χ2v) is 8.71. The van der Waals surface area contributed by atoms with Crippen LogP contribution in [-0.4, -0.2) is 45.8 Å². The number of amides is 1. The van der Waals surface area contributed by atoms with Crippen LogP contribution in [0.15, 0.2) is 41.2 Å². The number of carbonyl (C=O) groups excluding carboxylic acids is 1. The van der Waals surface area contributed by atoms with Crippen molar-refractivity contribution in [1.82, 2.24) is 19.7 Å². The number of nitrogens with zero attached hydrogens (tertiary/aromatic N) is 3. The maximum atomic E-state index is 15.1. The van der Waals surface area contributed by atoms with Gasteiger partial charge in [-0.15, -0.1) is 0 Å². The minimum absolute atomic E-state index is 0.0466. The Morgan fingerprint density at radius 3 is 2.67 bits per heavy atom. The van der Waals surface area contributed by atoms with Crippen LogP contribution >= 0.6 is 0 Å². The lowest BCUT2D eigenvalue weighted by atomic mass is 10.0. The molecule has 1 atom stereocenters. The van der Waals surface area contributed by atoms with Crippen molar-refractivity contribution < 1.29 is 18.3 Å². The SMILES string of the molecule is COc1ccc(-c2ccc(-n3c(CC4CCN(C(=O)C5CC5)C4)n[nH]c3=O)c(F)c2)c(F)c1. The van der Waals surface area contributed by atoms with Gasteiger partial charge in [0.2, 0.25) is 5.91 Å². The van der Waals surface area contributed by atoms with Crippen LogP contribution in [0, 0.1) is 23.5 Å². The molecule has 2 fully saturated rings. The second-order valence-electron chi connectivity index (χ2n) is 8.71. The van der Waals surface area contributed by atoms with Gasteiger partial charge in [-0.05, 0) is 55.0 Å². The first-order valence-electron chi connectivity index (χ1n) is 11.0. The largest absolute Gasteiger partial charge is 0.497 e. The van der Waals surface area contributed by atoms with Crippen LogP contribution in [0.4, 0.5) is 8.78 Å². The van der Waals surface area contributed by atoms with Crippen LogP contribution < -0.4 is 10.4 Å². The summed E-state index contributed by atoms with van der Waals surface area (Å²) in [6.45, 7) is 1.32. The molecule has 1 aliphatic heterocycles. The molecule has 0 spiro atoms. The third-order valence-corrected chi connectivity index (χ3v) is 6.41. The molecular formula is C24H24F2N4O3. The van der Waals surface area contributed by atoms with E-state index in [-0.39, 0.29) is 29.0 Å². The maximum absolute atomic E-state index is 15.1. The van der Waals surface area contributed by atoms with E-state index in [4.69, 9.17) is 4.74 Å². The van der Waals surface area contributed by atoms with Crippen LogP contribution in [0.1, 0.15) is 25.1 Å². The van der Waals surface area contributed by atoms with Gasteiger partial charge in [-0.2, -0.15) is 5.10 Å². The van der Waals surface area contributed by atoms with E-state index in [2.05, 4.69) is 10.2 Å². The van der Waals surface area contributed by atoms with E-state index in [9.17, 15) is 14.0 Å². The molecule has 0 radical (unpaired) electrons. The molecule has 2 aromatic carbocycles. The summed E-state index contributed by atoms with van der Waals surface area (Å²) in [4.78, 5) is 26.7. The Kier molecular flexibility index (Phi) is 5.47. The fourth-order valence-electron chi connectivity index (χ4n) is 4.47. The molecule has 33 heavy (non-hydrogen) atoms. The van der Waals surface area contributed by atoms with Gasteiger partial charge >= 0.3 is 5.69 Å². The van der Waals surface area contributed by atoms with Crippen molar-refractivity contribution in [2.24, 2.45) is 11.8 Å². The number of carbonyl (C=O) groups is 1. The van der Waals surface area contributed by atoms with Crippen molar-refractivity contribution >= 4 is 5.91 Å². The van der Waals surface area contributed by atoms with E-state index < -0.39 is 17.3 Å². The highest BCUT2D eigenvalue weighted by atomic mass is 19.1. The summed E-state index contributed by atoms with van der Waals surface area (Å²) >= 11 is 0. The highest BCUT2D eigenvalue weighted by molar-refractivity contribution is 5.81. The Balaban J connectivity index is 1.38. The number of hydrogen-bond donors (Lipinski definition) is 1. The summed E-state index contributed by atoms with van der Waals surface area (Å²) in [5.41, 5.74) is 0.0772. The number of likely N-dealkylation sites (tertiary alicyclic amines) is 1. The molecule has 9 heteroatoms. The first-order chi connectivity index (χ1) is 15.9. The van der Waals surface area contributed by atoms with Crippen LogP contribution in [-0.2, 0) is 11.2 Å². The standard InChI is InChI=1S/C24H24F2N4O3/c1-33-17-5-6-18(19(25)12-17)16-4-7-21(20(26)11-16)30-22(27-28-24(30)32)10-14-8-9-29(13-14)23(31)15-2-3-15/h4-7,11-12,14-15H,2-3,8-10,13H2,1H3,(H,28,32).